The van der Waals surface area contributed by atoms with E-state index < -0.39 is 0 Å². The Morgan fingerprint density at radius 2 is 2.33 bits per heavy atom. The second-order valence-corrected chi connectivity index (χ2v) is 4.59. The van der Waals surface area contributed by atoms with E-state index in [1.165, 1.54) is 0 Å². The fraction of sp³-hybridized carbons (Fsp3) is 0.462. The molecule has 0 saturated carbocycles. The Bertz CT molecular complexity index is 448. The Labute approximate surface area is 107 Å². The predicted molar refractivity (Wildman–Crippen MR) is 70.3 cm³/mol. The maximum absolute atomic E-state index is 12.4. The standard InChI is InChI=1S/C13H19N3O2/c1-9-3-4-11(12(7-9)15-14)13(17)16-6-5-10(8-16)18-2/h3-4,7,10,15H,5-6,8,14H2,1-2H3. The number of nitrogen functional groups attached to an aromatic ring is 1. The van der Waals surface area contributed by atoms with Crippen molar-refractivity contribution >= 4 is 11.6 Å². The Hall–Kier alpha value is -1.59. The highest BCUT2D eigenvalue weighted by Gasteiger charge is 2.27. The number of ether oxygens (including phenoxy) is 1. The highest BCUT2D eigenvalue weighted by atomic mass is 16.5. The van der Waals surface area contributed by atoms with Crippen LogP contribution in [0.4, 0.5) is 5.69 Å². The molecule has 0 spiro atoms. The van der Waals surface area contributed by atoms with Gasteiger partial charge in [0.05, 0.1) is 17.4 Å². The molecule has 1 heterocycles. The molecule has 1 aliphatic heterocycles. The maximum atomic E-state index is 12.4. The summed E-state index contributed by atoms with van der Waals surface area (Å²) >= 11 is 0. The van der Waals surface area contributed by atoms with Crippen LogP contribution in [0.25, 0.3) is 0 Å². The van der Waals surface area contributed by atoms with Gasteiger partial charge in [0.15, 0.2) is 0 Å². The third-order valence-corrected chi connectivity index (χ3v) is 3.33. The highest BCUT2D eigenvalue weighted by Crippen LogP contribution is 2.21. The Morgan fingerprint density at radius 1 is 1.56 bits per heavy atom. The van der Waals surface area contributed by atoms with Gasteiger partial charge in [0.25, 0.3) is 5.91 Å². The van der Waals surface area contributed by atoms with Gasteiger partial charge in [-0.3, -0.25) is 10.6 Å². The van der Waals surface area contributed by atoms with Crippen LogP contribution in [-0.4, -0.2) is 37.1 Å². The van der Waals surface area contributed by atoms with Gasteiger partial charge in [-0.1, -0.05) is 6.07 Å². The van der Waals surface area contributed by atoms with Crippen LogP contribution >= 0.6 is 0 Å². The van der Waals surface area contributed by atoms with Gasteiger partial charge in [0, 0.05) is 20.2 Å². The van der Waals surface area contributed by atoms with Crippen LogP contribution in [-0.2, 0) is 4.74 Å². The van der Waals surface area contributed by atoms with Crippen LogP contribution in [0.3, 0.4) is 0 Å². The number of benzene rings is 1. The lowest BCUT2D eigenvalue weighted by Crippen LogP contribution is -2.31. The first-order chi connectivity index (χ1) is 8.65. The van der Waals surface area contributed by atoms with Crippen molar-refractivity contribution in [2.45, 2.75) is 19.4 Å². The molecule has 0 bridgehead atoms. The zero-order valence-corrected chi connectivity index (χ0v) is 10.8. The molecule has 2 rings (SSSR count). The van der Waals surface area contributed by atoms with Gasteiger partial charge in [-0.05, 0) is 31.0 Å². The van der Waals surface area contributed by atoms with E-state index in [-0.39, 0.29) is 12.0 Å². The number of carbonyl (C=O) groups excluding carboxylic acids is 1. The lowest BCUT2D eigenvalue weighted by atomic mass is 10.1. The Kier molecular flexibility index (Phi) is 3.84. The zero-order valence-electron chi connectivity index (χ0n) is 10.8. The quantitative estimate of drug-likeness (QED) is 0.622. The van der Waals surface area contributed by atoms with Crippen molar-refractivity contribution in [2.75, 3.05) is 25.6 Å². The van der Waals surface area contributed by atoms with E-state index in [1.54, 1.807) is 12.0 Å². The summed E-state index contributed by atoms with van der Waals surface area (Å²) in [6.07, 6.45) is 1.04. The number of nitrogens with two attached hydrogens (primary N) is 1. The molecule has 0 radical (unpaired) electrons. The minimum absolute atomic E-state index is 0.00231. The molecule has 1 atom stereocenters. The number of hydrazine groups is 1. The van der Waals surface area contributed by atoms with Crippen molar-refractivity contribution in [3.8, 4) is 0 Å². The van der Waals surface area contributed by atoms with Crippen molar-refractivity contribution in [1.29, 1.82) is 0 Å². The first kappa shape index (κ1) is 12.9. The molecular weight excluding hydrogens is 230 g/mol. The monoisotopic (exact) mass is 249 g/mol. The molecule has 1 unspecified atom stereocenters. The Morgan fingerprint density at radius 3 is 2.94 bits per heavy atom. The fourth-order valence-corrected chi connectivity index (χ4v) is 2.24. The third-order valence-electron chi connectivity index (χ3n) is 3.33. The summed E-state index contributed by atoms with van der Waals surface area (Å²) in [7, 11) is 1.68. The van der Waals surface area contributed by atoms with E-state index in [0.717, 1.165) is 18.5 Å². The van der Waals surface area contributed by atoms with Gasteiger partial charge in [0.2, 0.25) is 0 Å². The average Bonchev–Trinajstić information content (AvgIpc) is 2.86. The number of rotatable bonds is 3. The van der Waals surface area contributed by atoms with Crippen molar-refractivity contribution < 1.29 is 9.53 Å². The fourth-order valence-electron chi connectivity index (χ4n) is 2.24. The topological polar surface area (TPSA) is 67.6 Å². The van der Waals surface area contributed by atoms with E-state index in [9.17, 15) is 4.79 Å². The van der Waals surface area contributed by atoms with Crippen molar-refractivity contribution in [1.82, 2.24) is 4.90 Å². The molecule has 1 saturated heterocycles. The van der Waals surface area contributed by atoms with Crippen LogP contribution < -0.4 is 11.3 Å². The number of nitrogens with one attached hydrogen (secondary N) is 1. The number of amides is 1. The average molecular weight is 249 g/mol. The number of carbonyl (C=O) groups is 1. The summed E-state index contributed by atoms with van der Waals surface area (Å²) in [5, 5.41) is 0. The van der Waals surface area contributed by atoms with Gasteiger partial charge < -0.3 is 15.1 Å². The van der Waals surface area contributed by atoms with Gasteiger partial charge in [-0.2, -0.15) is 0 Å². The minimum atomic E-state index is 0.00231. The van der Waals surface area contributed by atoms with Crippen molar-refractivity contribution in [3.63, 3.8) is 0 Å². The summed E-state index contributed by atoms with van der Waals surface area (Å²) in [5.41, 5.74) is 4.93. The van der Waals surface area contributed by atoms with Crippen LogP contribution in [0.2, 0.25) is 0 Å². The van der Waals surface area contributed by atoms with Gasteiger partial charge in [-0.15, -0.1) is 0 Å². The third kappa shape index (κ3) is 2.47. The SMILES string of the molecule is COC1CCN(C(=O)c2ccc(C)cc2NN)C1. The van der Waals surface area contributed by atoms with E-state index in [0.29, 0.717) is 17.8 Å². The van der Waals surface area contributed by atoms with E-state index >= 15 is 0 Å². The molecule has 0 aliphatic carbocycles. The second-order valence-electron chi connectivity index (χ2n) is 4.59. The summed E-state index contributed by atoms with van der Waals surface area (Å²) in [5.74, 6) is 5.47. The number of likely N-dealkylation sites (tertiary alicyclic amines) is 1. The Balaban J connectivity index is 2.19. The normalized spacial score (nSPS) is 19.1. The summed E-state index contributed by atoms with van der Waals surface area (Å²) in [6, 6.07) is 5.60. The molecular formula is C13H19N3O2. The summed E-state index contributed by atoms with van der Waals surface area (Å²) < 4.78 is 5.27. The predicted octanol–water partition coefficient (Wildman–Crippen LogP) is 1.14. The van der Waals surface area contributed by atoms with Crippen LogP contribution in [0.15, 0.2) is 18.2 Å². The van der Waals surface area contributed by atoms with Gasteiger partial charge in [-0.25, -0.2) is 0 Å². The maximum Gasteiger partial charge on any atom is 0.256 e. The first-order valence-corrected chi connectivity index (χ1v) is 6.05. The molecule has 0 aromatic heterocycles. The largest absolute Gasteiger partial charge is 0.380 e. The smallest absolute Gasteiger partial charge is 0.256 e. The van der Waals surface area contributed by atoms with Crippen LogP contribution in [0.5, 0.6) is 0 Å². The molecule has 98 valence electrons. The molecule has 5 nitrogen and oxygen atoms in total. The molecule has 1 aliphatic rings. The molecule has 1 amide bonds. The minimum Gasteiger partial charge on any atom is -0.380 e. The molecule has 1 aromatic carbocycles. The first-order valence-electron chi connectivity index (χ1n) is 6.05. The van der Waals surface area contributed by atoms with Gasteiger partial charge >= 0.3 is 0 Å². The number of hydrogen-bond donors (Lipinski definition) is 2. The number of methoxy groups -OCH3 is 1. The number of nitrogens with zero attached hydrogens (tertiary/aromatic N) is 1. The summed E-state index contributed by atoms with van der Waals surface area (Å²) in [4.78, 5) is 14.2. The number of hydrogen-bond acceptors (Lipinski definition) is 4. The summed E-state index contributed by atoms with van der Waals surface area (Å²) in [6.45, 7) is 3.34. The van der Waals surface area contributed by atoms with Gasteiger partial charge in [0.1, 0.15) is 0 Å². The van der Waals surface area contributed by atoms with Crippen LogP contribution in [0.1, 0.15) is 22.3 Å². The zero-order chi connectivity index (χ0) is 13.1. The molecule has 18 heavy (non-hydrogen) atoms. The lowest BCUT2D eigenvalue weighted by molar-refractivity contribution is 0.0725. The van der Waals surface area contributed by atoms with Crippen molar-refractivity contribution in [2.24, 2.45) is 5.84 Å². The molecule has 1 aromatic rings. The van der Waals surface area contributed by atoms with E-state index in [2.05, 4.69) is 5.43 Å². The molecule has 1 fully saturated rings. The van der Waals surface area contributed by atoms with Crippen LogP contribution in [0, 0.1) is 6.92 Å². The molecule has 3 N–H and O–H groups in total. The van der Waals surface area contributed by atoms with E-state index in [4.69, 9.17) is 10.6 Å². The highest BCUT2D eigenvalue weighted by molar-refractivity contribution is 5.99. The second kappa shape index (κ2) is 5.37. The molecule has 5 heteroatoms. The van der Waals surface area contributed by atoms with E-state index in [1.807, 2.05) is 25.1 Å². The number of anilines is 1. The lowest BCUT2D eigenvalue weighted by Gasteiger charge is -2.18. The number of aryl methyl sites for hydroxylation is 1. The van der Waals surface area contributed by atoms with Crippen molar-refractivity contribution in [3.05, 3.63) is 29.3 Å².